The molecule has 0 amide bonds. The first-order valence-electron chi connectivity index (χ1n) is 4.63. The van der Waals surface area contributed by atoms with Gasteiger partial charge in [0, 0.05) is 11.9 Å². The van der Waals surface area contributed by atoms with Gasteiger partial charge in [-0.2, -0.15) is 0 Å². The number of aromatic nitrogens is 2. The van der Waals surface area contributed by atoms with Crippen molar-refractivity contribution in [2.24, 2.45) is 0 Å². The van der Waals surface area contributed by atoms with Crippen molar-refractivity contribution in [3.05, 3.63) is 12.0 Å². The van der Waals surface area contributed by atoms with Gasteiger partial charge in [0.1, 0.15) is 5.82 Å². The Hall–Kier alpha value is -0.400. The minimum absolute atomic E-state index is 0.124. The second-order valence-electron chi connectivity index (χ2n) is 3.13. The number of H-pyrrole nitrogens is 1. The fourth-order valence-corrected chi connectivity index (χ4v) is 2.48. The maximum Gasteiger partial charge on any atom is 0.257 e. The van der Waals surface area contributed by atoms with Crippen molar-refractivity contribution >= 4 is 26.0 Å². The number of aryl methyl sites for hydroxylation is 1. The summed E-state index contributed by atoms with van der Waals surface area (Å²) >= 11 is 3.28. The highest BCUT2D eigenvalue weighted by Gasteiger charge is 2.15. The van der Waals surface area contributed by atoms with Gasteiger partial charge in [0.05, 0.1) is 6.20 Å². The van der Waals surface area contributed by atoms with E-state index in [0.717, 1.165) is 18.2 Å². The maximum absolute atomic E-state index is 11.6. The van der Waals surface area contributed by atoms with E-state index in [2.05, 4.69) is 30.6 Å². The second kappa shape index (κ2) is 5.62. The molecule has 15 heavy (non-hydrogen) atoms. The zero-order valence-electron chi connectivity index (χ0n) is 8.46. The van der Waals surface area contributed by atoms with Crippen LogP contribution in [0.15, 0.2) is 11.2 Å². The smallest absolute Gasteiger partial charge is 0.257 e. The van der Waals surface area contributed by atoms with Crippen LogP contribution in [-0.2, 0) is 10.0 Å². The summed E-state index contributed by atoms with van der Waals surface area (Å²) in [4.78, 5) is 6.53. The highest BCUT2D eigenvalue weighted by Crippen LogP contribution is 2.04. The number of rotatable bonds is 6. The maximum atomic E-state index is 11.6. The van der Waals surface area contributed by atoms with Crippen molar-refractivity contribution in [1.82, 2.24) is 14.7 Å². The van der Waals surface area contributed by atoms with Gasteiger partial charge in [0.25, 0.3) is 10.0 Å². The molecule has 5 nitrogen and oxygen atoms in total. The molecule has 0 unspecified atom stereocenters. The molecule has 7 heteroatoms. The van der Waals surface area contributed by atoms with Crippen LogP contribution in [0.5, 0.6) is 0 Å². The van der Waals surface area contributed by atoms with Crippen LogP contribution in [-0.4, -0.2) is 30.3 Å². The van der Waals surface area contributed by atoms with Crippen LogP contribution in [0.1, 0.15) is 18.7 Å². The first-order valence-corrected chi connectivity index (χ1v) is 7.24. The molecule has 0 aliphatic heterocycles. The molecule has 0 atom stereocenters. The third-order valence-electron chi connectivity index (χ3n) is 1.82. The number of nitrogens with one attached hydrogen (secondary N) is 2. The van der Waals surface area contributed by atoms with Crippen LogP contribution in [0.2, 0.25) is 0 Å². The molecule has 1 aromatic rings. The summed E-state index contributed by atoms with van der Waals surface area (Å²) in [7, 11) is -3.40. The number of halogens is 1. The average molecular weight is 296 g/mol. The molecular weight excluding hydrogens is 282 g/mol. The van der Waals surface area contributed by atoms with Gasteiger partial charge < -0.3 is 4.98 Å². The summed E-state index contributed by atoms with van der Waals surface area (Å²) < 4.78 is 25.7. The first kappa shape index (κ1) is 12.7. The van der Waals surface area contributed by atoms with Crippen molar-refractivity contribution in [3.8, 4) is 0 Å². The van der Waals surface area contributed by atoms with Gasteiger partial charge in [-0.1, -0.05) is 15.9 Å². The Bertz CT molecular complexity index is 402. The lowest BCUT2D eigenvalue weighted by atomic mass is 10.3. The van der Waals surface area contributed by atoms with Crippen molar-refractivity contribution in [2.45, 2.75) is 24.8 Å². The van der Waals surface area contributed by atoms with Gasteiger partial charge in [0.15, 0.2) is 5.03 Å². The molecule has 0 fully saturated rings. The molecule has 0 saturated carbocycles. The van der Waals surface area contributed by atoms with E-state index in [1.807, 2.05) is 0 Å². The van der Waals surface area contributed by atoms with Gasteiger partial charge in [-0.3, -0.25) is 0 Å². The number of unbranched alkanes of at least 4 members (excludes halogenated alkanes) is 1. The highest BCUT2D eigenvalue weighted by molar-refractivity contribution is 9.09. The standard InChI is InChI=1S/C8H14BrN3O2S/c1-7-10-6-8(12-7)15(13,14)11-5-3-2-4-9/h6,11H,2-5H2,1H3,(H,10,12). The SMILES string of the molecule is Cc1ncc(S(=O)(=O)NCCCCBr)[nH]1. The van der Waals surface area contributed by atoms with Gasteiger partial charge in [-0.25, -0.2) is 18.1 Å². The van der Waals surface area contributed by atoms with Crippen LogP contribution >= 0.6 is 15.9 Å². The van der Waals surface area contributed by atoms with Gasteiger partial charge in [-0.15, -0.1) is 0 Å². The molecule has 1 aromatic heterocycles. The molecule has 0 aliphatic carbocycles. The summed E-state index contributed by atoms with van der Waals surface area (Å²) in [5, 5.41) is 1.01. The van der Waals surface area contributed by atoms with Crippen molar-refractivity contribution in [1.29, 1.82) is 0 Å². The van der Waals surface area contributed by atoms with Gasteiger partial charge in [-0.05, 0) is 19.8 Å². The minimum atomic E-state index is -3.40. The predicted octanol–water partition coefficient (Wildman–Crippen LogP) is 1.17. The van der Waals surface area contributed by atoms with E-state index < -0.39 is 10.0 Å². The number of nitrogens with zero attached hydrogens (tertiary/aromatic N) is 1. The number of hydrogen-bond donors (Lipinski definition) is 2. The predicted molar refractivity (Wildman–Crippen MR) is 61.5 cm³/mol. The van der Waals surface area contributed by atoms with Gasteiger partial charge in [0.2, 0.25) is 0 Å². The van der Waals surface area contributed by atoms with Crippen molar-refractivity contribution in [3.63, 3.8) is 0 Å². The van der Waals surface area contributed by atoms with Crippen LogP contribution < -0.4 is 4.72 Å². The lowest BCUT2D eigenvalue weighted by Crippen LogP contribution is -2.25. The highest BCUT2D eigenvalue weighted by atomic mass is 79.9. The van der Waals surface area contributed by atoms with Gasteiger partial charge >= 0.3 is 0 Å². The van der Waals surface area contributed by atoms with Crippen LogP contribution in [0.4, 0.5) is 0 Å². The van der Waals surface area contributed by atoms with E-state index in [4.69, 9.17) is 0 Å². The Kier molecular flexibility index (Phi) is 4.75. The van der Waals surface area contributed by atoms with E-state index >= 15 is 0 Å². The monoisotopic (exact) mass is 295 g/mol. The van der Waals surface area contributed by atoms with E-state index in [1.165, 1.54) is 6.20 Å². The van der Waals surface area contributed by atoms with E-state index in [0.29, 0.717) is 12.4 Å². The number of alkyl halides is 1. The Morgan fingerprint density at radius 1 is 1.53 bits per heavy atom. The van der Waals surface area contributed by atoms with Crippen LogP contribution in [0, 0.1) is 6.92 Å². The Balaban J connectivity index is 2.53. The molecule has 0 spiro atoms. The van der Waals surface area contributed by atoms with Crippen molar-refractivity contribution < 1.29 is 8.42 Å². The first-order chi connectivity index (χ1) is 7.06. The minimum Gasteiger partial charge on any atom is -0.332 e. The molecule has 0 saturated heterocycles. The summed E-state index contributed by atoms with van der Waals surface area (Å²) in [5.74, 6) is 0.593. The average Bonchev–Trinajstić information content (AvgIpc) is 2.60. The van der Waals surface area contributed by atoms with E-state index in [9.17, 15) is 8.42 Å². The molecule has 86 valence electrons. The molecule has 0 radical (unpaired) electrons. The van der Waals surface area contributed by atoms with Crippen molar-refractivity contribution in [2.75, 3.05) is 11.9 Å². The molecule has 0 bridgehead atoms. The summed E-state index contributed by atoms with van der Waals surface area (Å²) in [5.41, 5.74) is 0. The molecule has 2 N–H and O–H groups in total. The Labute approximate surface area is 97.9 Å². The zero-order valence-corrected chi connectivity index (χ0v) is 10.9. The summed E-state index contributed by atoms with van der Waals surface area (Å²) in [6.45, 7) is 2.16. The molecule has 1 heterocycles. The fraction of sp³-hybridized carbons (Fsp3) is 0.625. The normalized spacial score (nSPS) is 11.9. The lowest BCUT2D eigenvalue weighted by Gasteiger charge is -2.03. The molecular formula is C8H14BrN3O2S. The van der Waals surface area contributed by atoms with E-state index in [-0.39, 0.29) is 5.03 Å². The fourth-order valence-electron chi connectivity index (χ4n) is 1.04. The molecule has 0 aromatic carbocycles. The second-order valence-corrected chi connectivity index (χ2v) is 5.66. The topological polar surface area (TPSA) is 74.8 Å². The lowest BCUT2D eigenvalue weighted by molar-refractivity contribution is 0.575. The van der Waals surface area contributed by atoms with Crippen LogP contribution in [0.25, 0.3) is 0 Å². The summed E-state index contributed by atoms with van der Waals surface area (Å²) in [6, 6.07) is 0. The quantitative estimate of drug-likeness (QED) is 0.611. The number of sulfonamides is 1. The number of imidazole rings is 1. The van der Waals surface area contributed by atoms with Crippen LogP contribution in [0.3, 0.4) is 0 Å². The third-order valence-corrected chi connectivity index (χ3v) is 3.75. The number of hydrogen-bond acceptors (Lipinski definition) is 3. The number of aromatic amines is 1. The third kappa shape index (κ3) is 3.92. The largest absolute Gasteiger partial charge is 0.332 e. The molecule has 0 aliphatic rings. The zero-order chi connectivity index (χ0) is 11.3. The molecule has 1 rings (SSSR count). The summed E-state index contributed by atoms with van der Waals surface area (Å²) in [6.07, 6.45) is 3.09. The van der Waals surface area contributed by atoms with E-state index in [1.54, 1.807) is 6.92 Å². The Morgan fingerprint density at radius 2 is 2.27 bits per heavy atom. The Morgan fingerprint density at radius 3 is 2.80 bits per heavy atom.